The highest BCUT2D eigenvalue weighted by atomic mass is 35.5. The fourth-order valence-electron chi connectivity index (χ4n) is 4.26. The largest absolute Gasteiger partial charge is 0.379 e. The Morgan fingerprint density at radius 3 is 2.48 bits per heavy atom. The van der Waals surface area contributed by atoms with Gasteiger partial charge in [-0.1, -0.05) is 43.0 Å². The molecular formula is C23H35ClN4O3. The smallest absolute Gasteiger partial charge is 0.315 e. The second-order valence-electron chi connectivity index (χ2n) is 8.36. The third-order valence-electron chi connectivity index (χ3n) is 6.04. The minimum absolute atomic E-state index is 0.00158. The van der Waals surface area contributed by atoms with Crippen LogP contribution >= 0.6 is 11.6 Å². The van der Waals surface area contributed by atoms with Crippen LogP contribution in [0.4, 0.5) is 4.79 Å². The van der Waals surface area contributed by atoms with Gasteiger partial charge in [0.15, 0.2) is 0 Å². The maximum absolute atomic E-state index is 12.4. The number of amides is 3. The molecule has 172 valence electrons. The van der Waals surface area contributed by atoms with Crippen molar-refractivity contribution >= 4 is 23.5 Å². The van der Waals surface area contributed by atoms with E-state index in [1.165, 1.54) is 19.3 Å². The predicted molar refractivity (Wildman–Crippen MR) is 122 cm³/mol. The van der Waals surface area contributed by atoms with Crippen LogP contribution in [-0.2, 0) is 9.53 Å². The molecule has 3 amide bonds. The van der Waals surface area contributed by atoms with Gasteiger partial charge in [0.05, 0.1) is 19.3 Å². The van der Waals surface area contributed by atoms with Crippen LogP contribution in [0.1, 0.15) is 56.6 Å². The predicted octanol–water partition coefficient (Wildman–Crippen LogP) is 3.24. The SMILES string of the molecule is O=C(CCCNC(=O)NC1CCCCC1)NC[C@H](c1ccc(Cl)cc1)N1CCOCC1. The maximum Gasteiger partial charge on any atom is 0.315 e. The molecular weight excluding hydrogens is 416 g/mol. The van der Waals surface area contributed by atoms with Gasteiger partial charge in [-0.05, 0) is 37.0 Å². The Kier molecular flexibility index (Phi) is 9.90. The van der Waals surface area contributed by atoms with Crippen molar-refractivity contribution in [1.82, 2.24) is 20.9 Å². The minimum Gasteiger partial charge on any atom is -0.379 e. The number of hydrogen-bond acceptors (Lipinski definition) is 4. The lowest BCUT2D eigenvalue weighted by Crippen LogP contribution is -2.44. The normalized spacial score (nSPS) is 18.9. The van der Waals surface area contributed by atoms with Crippen LogP contribution in [0.5, 0.6) is 0 Å². The van der Waals surface area contributed by atoms with Gasteiger partial charge in [0.1, 0.15) is 0 Å². The van der Waals surface area contributed by atoms with Gasteiger partial charge >= 0.3 is 6.03 Å². The summed E-state index contributed by atoms with van der Waals surface area (Å²) in [6.07, 6.45) is 6.77. The molecule has 1 aliphatic heterocycles. The zero-order valence-corrected chi connectivity index (χ0v) is 19.0. The lowest BCUT2D eigenvalue weighted by Gasteiger charge is -2.35. The Hall–Kier alpha value is -1.83. The first-order valence-electron chi connectivity index (χ1n) is 11.5. The van der Waals surface area contributed by atoms with Gasteiger partial charge in [0.2, 0.25) is 5.91 Å². The minimum atomic E-state index is -0.123. The van der Waals surface area contributed by atoms with Crippen molar-refractivity contribution in [2.75, 3.05) is 39.4 Å². The lowest BCUT2D eigenvalue weighted by molar-refractivity contribution is -0.121. The standard InChI is InChI=1S/C23H35ClN4O3/c24-19-10-8-18(9-11-19)21(28-13-15-31-16-14-28)17-26-22(29)7-4-12-25-23(30)27-20-5-2-1-3-6-20/h8-11,20-21H,1-7,12-17H2,(H,26,29)(H2,25,27,30)/t21-/m1/s1. The van der Waals surface area contributed by atoms with E-state index in [0.29, 0.717) is 50.2 Å². The number of carbonyl (C=O) groups is 2. The summed E-state index contributed by atoms with van der Waals surface area (Å²) in [5, 5.41) is 9.66. The van der Waals surface area contributed by atoms with Gasteiger partial charge in [-0.25, -0.2) is 4.79 Å². The number of morpholine rings is 1. The summed E-state index contributed by atoms with van der Waals surface area (Å²) in [4.78, 5) is 26.7. The lowest BCUT2D eigenvalue weighted by atomic mass is 9.96. The molecule has 1 aliphatic carbocycles. The molecule has 1 atom stereocenters. The van der Waals surface area contributed by atoms with E-state index in [2.05, 4.69) is 20.9 Å². The van der Waals surface area contributed by atoms with Crippen molar-refractivity contribution in [3.8, 4) is 0 Å². The van der Waals surface area contributed by atoms with Gasteiger partial charge in [0, 0.05) is 43.7 Å². The zero-order valence-electron chi connectivity index (χ0n) is 18.2. The average molecular weight is 451 g/mol. The third-order valence-corrected chi connectivity index (χ3v) is 6.29. The van der Waals surface area contributed by atoms with Crippen LogP contribution in [0.15, 0.2) is 24.3 Å². The highest BCUT2D eigenvalue weighted by Gasteiger charge is 2.23. The van der Waals surface area contributed by atoms with E-state index in [1.807, 2.05) is 24.3 Å². The van der Waals surface area contributed by atoms with Crippen molar-refractivity contribution in [3.63, 3.8) is 0 Å². The Labute approximate surface area is 190 Å². The second-order valence-corrected chi connectivity index (χ2v) is 8.79. The quantitative estimate of drug-likeness (QED) is 0.504. The van der Waals surface area contributed by atoms with E-state index in [4.69, 9.17) is 16.3 Å². The summed E-state index contributed by atoms with van der Waals surface area (Å²) in [5.41, 5.74) is 1.13. The molecule has 0 unspecified atom stereocenters. The van der Waals surface area contributed by atoms with Crippen LogP contribution in [0.25, 0.3) is 0 Å². The van der Waals surface area contributed by atoms with Crippen molar-refractivity contribution in [1.29, 1.82) is 0 Å². The van der Waals surface area contributed by atoms with Crippen molar-refractivity contribution in [2.45, 2.75) is 57.0 Å². The molecule has 8 heteroatoms. The molecule has 3 N–H and O–H groups in total. The second kappa shape index (κ2) is 12.9. The van der Waals surface area contributed by atoms with Crippen LogP contribution in [-0.4, -0.2) is 62.3 Å². The van der Waals surface area contributed by atoms with E-state index in [9.17, 15) is 9.59 Å². The van der Waals surface area contributed by atoms with E-state index in [-0.39, 0.29) is 18.0 Å². The Bertz CT molecular complexity index is 689. The van der Waals surface area contributed by atoms with Crippen LogP contribution < -0.4 is 16.0 Å². The molecule has 3 rings (SSSR count). The van der Waals surface area contributed by atoms with E-state index >= 15 is 0 Å². The number of benzene rings is 1. The van der Waals surface area contributed by atoms with Crippen molar-refractivity contribution in [2.24, 2.45) is 0 Å². The topological polar surface area (TPSA) is 82.7 Å². The van der Waals surface area contributed by atoms with E-state index < -0.39 is 0 Å². The fourth-order valence-corrected chi connectivity index (χ4v) is 4.39. The summed E-state index contributed by atoms with van der Waals surface area (Å²) in [7, 11) is 0. The molecule has 0 radical (unpaired) electrons. The van der Waals surface area contributed by atoms with Gasteiger partial charge in [0.25, 0.3) is 0 Å². The van der Waals surface area contributed by atoms with Gasteiger partial charge in [-0.2, -0.15) is 0 Å². The number of hydrogen-bond donors (Lipinski definition) is 3. The maximum atomic E-state index is 12.4. The number of carbonyl (C=O) groups excluding carboxylic acids is 2. The molecule has 0 spiro atoms. The summed E-state index contributed by atoms with van der Waals surface area (Å²) < 4.78 is 5.47. The molecule has 7 nitrogen and oxygen atoms in total. The molecule has 0 bridgehead atoms. The molecule has 1 heterocycles. The Balaban J connectivity index is 1.37. The van der Waals surface area contributed by atoms with Crippen LogP contribution in [0.3, 0.4) is 0 Å². The number of nitrogens with one attached hydrogen (secondary N) is 3. The Morgan fingerprint density at radius 2 is 1.77 bits per heavy atom. The molecule has 1 aromatic rings. The van der Waals surface area contributed by atoms with Gasteiger partial charge in [-0.3, -0.25) is 9.69 Å². The number of rotatable bonds is 9. The fraction of sp³-hybridized carbons (Fsp3) is 0.652. The zero-order chi connectivity index (χ0) is 21.9. The summed E-state index contributed by atoms with van der Waals surface area (Å²) in [5.74, 6) is 0.00158. The number of urea groups is 1. The number of ether oxygens (including phenoxy) is 1. The molecule has 31 heavy (non-hydrogen) atoms. The van der Waals surface area contributed by atoms with E-state index in [1.54, 1.807) is 0 Å². The van der Waals surface area contributed by atoms with Crippen molar-refractivity contribution in [3.05, 3.63) is 34.9 Å². The molecule has 1 saturated carbocycles. The van der Waals surface area contributed by atoms with Gasteiger partial charge < -0.3 is 20.7 Å². The van der Waals surface area contributed by atoms with Crippen LogP contribution in [0, 0.1) is 0 Å². The highest BCUT2D eigenvalue weighted by molar-refractivity contribution is 6.30. The summed E-state index contributed by atoms with van der Waals surface area (Å²) in [6.45, 7) is 4.11. The molecule has 2 fully saturated rings. The molecule has 0 aromatic heterocycles. The number of nitrogens with zero attached hydrogens (tertiary/aromatic N) is 1. The molecule has 1 saturated heterocycles. The average Bonchev–Trinajstić information content (AvgIpc) is 2.79. The van der Waals surface area contributed by atoms with Crippen molar-refractivity contribution < 1.29 is 14.3 Å². The number of halogens is 1. The van der Waals surface area contributed by atoms with Gasteiger partial charge in [-0.15, -0.1) is 0 Å². The first-order chi connectivity index (χ1) is 15.1. The summed E-state index contributed by atoms with van der Waals surface area (Å²) in [6, 6.07) is 8.06. The van der Waals surface area contributed by atoms with Crippen LogP contribution in [0.2, 0.25) is 5.02 Å². The summed E-state index contributed by atoms with van der Waals surface area (Å²) >= 11 is 6.04. The highest BCUT2D eigenvalue weighted by Crippen LogP contribution is 2.23. The molecule has 1 aromatic carbocycles. The first-order valence-corrected chi connectivity index (χ1v) is 11.9. The van der Waals surface area contributed by atoms with E-state index in [0.717, 1.165) is 31.5 Å². The third kappa shape index (κ3) is 8.31. The first kappa shape index (κ1) is 23.8. The monoisotopic (exact) mass is 450 g/mol. The Morgan fingerprint density at radius 1 is 1.06 bits per heavy atom. The molecule has 2 aliphatic rings.